The normalized spacial score (nSPS) is 24.0. The molecule has 1 aromatic rings. The summed E-state index contributed by atoms with van der Waals surface area (Å²) in [5.74, 6) is 6.95. The second-order valence-electron chi connectivity index (χ2n) is 4.09. The highest BCUT2D eigenvalue weighted by Gasteiger charge is 2.27. The quantitative estimate of drug-likeness (QED) is 0.586. The summed E-state index contributed by atoms with van der Waals surface area (Å²) in [4.78, 5) is 0. The van der Waals surface area contributed by atoms with Crippen LogP contribution in [0.4, 0.5) is 0 Å². The van der Waals surface area contributed by atoms with E-state index >= 15 is 0 Å². The molecule has 4 nitrogen and oxygen atoms in total. The van der Waals surface area contributed by atoms with Gasteiger partial charge in [0, 0.05) is 12.5 Å². The van der Waals surface area contributed by atoms with Gasteiger partial charge in [-0.05, 0) is 31.4 Å². The molecule has 0 bridgehead atoms. The van der Waals surface area contributed by atoms with E-state index in [0.29, 0.717) is 5.92 Å². The molecule has 1 fully saturated rings. The van der Waals surface area contributed by atoms with Crippen molar-refractivity contribution in [1.82, 2.24) is 5.43 Å². The number of rotatable bonds is 3. The molecule has 84 valence electrons. The second kappa shape index (κ2) is 4.79. The van der Waals surface area contributed by atoms with Gasteiger partial charge in [0.2, 0.25) is 0 Å². The van der Waals surface area contributed by atoms with Gasteiger partial charge in [-0.3, -0.25) is 5.84 Å². The minimum atomic E-state index is 0.0697. The Labute approximate surface area is 89.7 Å². The van der Waals surface area contributed by atoms with Gasteiger partial charge >= 0.3 is 0 Å². The lowest BCUT2D eigenvalue weighted by molar-refractivity contribution is 0.0354. The molecule has 0 aliphatic carbocycles. The average molecular weight is 210 g/mol. The minimum Gasteiger partial charge on any atom is -0.467 e. The van der Waals surface area contributed by atoms with Crippen LogP contribution < -0.4 is 11.3 Å². The van der Waals surface area contributed by atoms with Gasteiger partial charge in [-0.25, -0.2) is 5.43 Å². The summed E-state index contributed by atoms with van der Waals surface area (Å²) in [6.07, 6.45) is 3.94. The van der Waals surface area contributed by atoms with Crippen molar-refractivity contribution in [3.8, 4) is 0 Å². The predicted octanol–water partition coefficient (Wildman–Crippen LogP) is 1.52. The molecule has 1 saturated heterocycles. The molecule has 1 aliphatic heterocycles. The maximum Gasteiger partial charge on any atom is 0.125 e. The Hall–Kier alpha value is -0.840. The number of hydrogen-bond donors (Lipinski definition) is 2. The molecule has 4 heteroatoms. The third-order valence-corrected chi connectivity index (χ3v) is 3.03. The summed E-state index contributed by atoms with van der Waals surface area (Å²) < 4.78 is 10.9. The summed E-state index contributed by atoms with van der Waals surface area (Å²) in [5.41, 5.74) is 3.98. The van der Waals surface area contributed by atoms with Crippen molar-refractivity contribution < 1.29 is 9.15 Å². The SMILES string of the molecule is Cc1ccoc1C(NN)C1CCCOC1. The van der Waals surface area contributed by atoms with Crippen molar-refractivity contribution in [2.24, 2.45) is 11.8 Å². The lowest BCUT2D eigenvalue weighted by Gasteiger charge is -2.28. The van der Waals surface area contributed by atoms with Crippen LogP contribution >= 0.6 is 0 Å². The van der Waals surface area contributed by atoms with Crippen molar-refractivity contribution in [1.29, 1.82) is 0 Å². The third kappa shape index (κ3) is 2.22. The number of aryl methyl sites for hydroxylation is 1. The smallest absolute Gasteiger partial charge is 0.125 e. The van der Waals surface area contributed by atoms with Crippen LogP contribution in [-0.2, 0) is 4.74 Å². The van der Waals surface area contributed by atoms with Crippen molar-refractivity contribution in [2.45, 2.75) is 25.8 Å². The van der Waals surface area contributed by atoms with E-state index in [-0.39, 0.29) is 6.04 Å². The molecule has 3 N–H and O–H groups in total. The Kier molecular flexibility index (Phi) is 3.41. The standard InChI is InChI=1S/C11H18N2O2/c1-8-4-6-15-11(8)10(13-12)9-3-2-5-14-7-9/h4,6,9-10,13H,2-3,5,7,12H2,1H3. The summed E-state index contributed by atoms with van der Waals surface area (Å²) in [6.45, 7) is 3.66. The van der Waals surface area contributed by atoms with Gasteiger partial charge in [-0.1, -0.05) is 0 Å². The van der Waals surface area contributed by atoms with Crippen LogP contribution in [0.15, 0.2) is 16.7 Å². The highest BCUT2D eigenvalue weighted by atomic mass is 16.5. The predicted molar refractivity (Wildman–Crippen MR) is 57.1 cm³/mol. The van der Waals surface area contributed by atoms with E-state index in [0.717, 1.165) is 37.4 Å². The Morgan fingerprint density at radius 3 is 3.00 bits per heavy atom. The van der Waals surface area contributed by atoms with E-state index in [1.165, 1.54) is 0 Å². The zero-order chi connectivity index (χ0) is 10.7. The van der Waals surface area contributed by atoms with Gasteiger partial charge in [0.15, 0.2) is 0 Å². The lowest BCUT2D eigenvalue weighted by atomic mass is 9.91. The summed E-state index contributed by atoms with van der Waals surface area (Å²) >= 11 is 0. The van der Waals surface area contributed by atoms with Gasteiger partial charge in [-0.15, -0.1) is 0 Å². The first-order chi connectivity index (χ1) is 7.33. The first-order valence-corrected chi connectivity index (χ1v) is 5.41. The van der Waals surface area contributed by atoms with Gasteiger partial charge in [-0.2, -0.15) is 0 Å². The van der Waals surface area contributed by atoms with Crippen LogP contribution in [-0.4, -0.2) is 13.2 Å². The number of hydrogen-bond acceptors (Lipinski definition) is 4. The number of nitrogens with one attached hydrogen (secondary N) is 1. The molecular weight excluding hydrogens is 192 g/mol. The third-order valence-electron chi connectivity index (χ3n) is 3.03. The summed E-state index contributed by atoms with van der Waals surface area (Å²) in [5, 5.41) is 0. The van der Waals surface area contributed by atoms with E-state index < -0.39 is 0 Å². The molecular formula is C11H18N2O2. The maximum atomic E-state index is 5.60. The molecule has 0 amide bonds. The monoisotopic (exact) mass is 210 g/mol. The fourth-order valence-corrected chi connectivity index (χ4v) is 2.16. The van der Waals surface area contributed by atoms with E-state index in [4.69, 9.17) is 15.0 Å². The van der Waals surface area contributed by atoms with E-state index in [9.17, 15) is 0 Å². The van der Waals surface area contributed by atoms with Crippen LogP contribution in [0.25, 0.3) is 0 Å². The molecule has 2 unspecified atom stereocenters. The Morgan fingerprint density at radius 1 is 1.60 bits per heavy atom. The average Bonchev–Trinajstić information content (AvgIpc) is 2.68. The van der Waals surface area contributed by atoms with Crippen molar-refractivity contribution in [3.05, 3.63) is 23.7 Å². The van der Waals surface area contributed by atoms with Crippen LogP contribution in [0.5, 0.6) is 0 Å². The lowest BCUT2D eigenvalue weighted by Crippen LogP contribution is -2.37. The highest BCUT2D eigenvalue weighted by Crippen LogP contribution is 2.30. The zero-order valence-electron chi connectivity index (χ0n) is 9.03. The van der Waals surface area contributed by atoms with E-state index in [2.05, 4.69) is 5.43 Å². The number of ether oxygens (including phenoxy) is 1. The molecule has 15 heavy (non-hydrogen) atoms. The minimum absolute atomic E-state index is 0.0697. The fourth-order valence-electron chi connectivity index (χ4n) is 2.16. The number of nitrogens with two attached hydrogens (primary N) is 1. The molecule has 0 saturated carbocycles. The maximum absolute atomic E-state index is 5.60. The van der Waals surface area contributed by atoms with Crippen molar-refractivity contribution >= 4 is 0 Å². The molecule has 2 heterocycles. The summed E-state index contributed by atoms with van der Waals surface area (Å²) in [6, 6.07) is 2.03. The highest BCUT2D eigenvalue weighted by molar-refractivity contribution is 5.19. The van der Waals surface area contributed by atoms with Gasteiger partial charge in [0.1, 0.15) is 5.76 Å². The molecule has 1 aromatic heterocycles. The van der Waals surface area contributed by atoms with Crippen LogP contribution in [0.2, 0.25) is 0 Å². The van der Waals surface area contributed by atoms with Gasteiger partial charge < -0.3 is 9.15 Å². The van der Waals surface area contributed by atoms with Gasteiger partial charge in [0.25, 0.3) is 0 Å². The molecule has 0 aromatic carbocycles. The Balaban J connectivity index is 2.12. The Morgan fingerprint density at radius 2 is 2.47 bits per heavy atom. The topological polar surface area (TPSA) is 60.4 Å². The molecule has 2 atom stereocenters. The molecule has 1 aliphatic rings. The van der Waals surface area contributed by atoms with Crippen LogP contribution in [0, 0.1) is 12.8 Å². The molecule has 2 rings (SSSR count). The van der Waals surface area contributed by atoms with Crippen molar-refractivity contribution in [2.75, 3.05) is 13.2 Å². The first kappa shape index (κ1) is 10.7. The first-order valence-electron chi connectivity index (χ1n) is 5.41. The van der Waals surface area contributed by atoms with Gasteiger partial charge in [0.05, 0.1) is 18.9 Å². The number of hydrazine groups is 1. The number of furan rings is 1. The van der Waals surface area contributed by atoms with E-state index in [1.54, 1.807) is 6.26 Å². The molecule has 0 spiro atoms. The van der Waals surface area contributed by atoms with E-state index in [1.807, 2.05) is 13.0 Å². The van der Waals surface area contributed by atoms with Crippen LogP contribution in [0.3, 0.4) is 0 Å². The van der Waals surface area contributed by atoms with Crippen LogP contribution in [0.1, 0.15) is 30.2 Å². The molecule has 0 radical (unpaired) electrons. The summed E-state index contributed by atoms with van der Waals surface area (Å²) in [7, 11) is 0. The largest absolute Gasteiger partial charge is 0.467 e. The second-order valence-corrected chi connectivity index (χ2v) is 4.09. The zero-order valence-corrected chi connectivity index (χ0v) is 9.03. The van der Waals surface area contributed by atoms with Crippen molar-refractivity contribution in [3.63, 3.8) is 0 Å². The Bertz CT molecular complexity index is 305. The fraction of sp³-hybridized carbons (Fsp3) is 0.636.